The first-order valence-corrected chi connectivity index (χ1v) is 6.64. The fourth-order valence-corrected chi connectivity index (χ4v) is 1.78. The SMILES string of the molecule is CC(CO)CCCNC(=O)c1ccc(Cl)c(Cl)c1. The van der Waals surface area contributed by atoms with Gasteiger partial charge >= 0.3 is 0 Å². The zero-order valence-corrected chi connectivity index (χ0v) is 11.8. The van der Waals surface area contributed by atoms with Crippen LogP contribution in [0.25, 0.3) is 0 Å². The van der Waals surface area contributed by atoms with Gasteiger partial charge < -0.3 is 10.4 Å². The molecule has 1 amide bonds. The number of amides is 1. The Morgan fingerprint density at radius 3 is 2.72 bits per heavy atom. The summed E-state index contributed by atoms with van der Waals surface area (Å²) in [5, 5.41) is 12.5. The Labute approximate surface area is 117 Å². The Hall–Kier alpha value is -0.770. The molecule has 0 radical (unpaired) electrons. The molecule has 1 aromatic carbocycles. The molecule has 0 aliphatic carbocycles. The monoisotopic (exact) mass is 289 g/mol. The van der Waals surface area contributed by atoms with Crippen LogP contribution in [0.5, 0.6) is 0 Å². The summed E-state index contributed by atoms with van der Waals surface area (Å²) in [5.74, 6) is 0.108. The van der Waals surface area contributed by atoms with E-state index in [0.29, 0.717) is 22.2 Å². The Balaban J connectivity index is 2.39. The molecule has 0 spiro atoms. The second-order valence-corrected chi connectivity index (χ2v) is 5.13. The Morgan fingerprint density at radius 1 is 1.39 bits per heavy atom. The third-order valence-corrected chi connectivity index (χ3v) is 3.39. The first kappa shape index (κ1) is 15.3. The number of benzene rings is 1. The predicted octanol–water partition coefficient (Wildman–Crippen LogP) is 3.13. The third-order valence-electron chi connectivity index (χ3n) is 2.65. The molecule has 18 heavy (non-hydrogen) atoms. The van der Waals surface area contributed by atoms with E-state index in [1.807, 2.05) is 6.92 Å². The van der Waals surface area contributed by atoms with Gasteiger partial charge in [0.2, 0.25) is 0 Å². The Morgan fingerprint density at radius 2 is 2.11 bits per heavy atom. The molecule has 0 aromatic heterocycles. The van der Waals surface area contributed by atoms with Gasteiger partial charge in [0.1, 0.15) is 0 Å². The van der Waals surface area contributed by atoms with Crippen molar-refractivity contribution in [2.45, 2.75) is 19.8 Å². The fraction of sp³-hybridized carbons (Fsp3) is 0.462. The number of hydrogen-bond acceptors (Lipinski definition) is 2. The van der Waals surface area contributed by atoms with Crippen molar-refractivity contribution in [1.29, 1.82) is 0 Å². The highest BCUT2D eigenvalue weighted by Gasteiger charge is 2.07. The van der Waals surface area contributed by atoms with Crippen molar-refractivity contribution in [3.05, 3.63) is 33.8 Å². The number of rotatable bonds is 6. The van der Waals surface area contributed by atoms with Crippen LogP contribution < -0.4 is 5.32 Å². The number of halogens is 2. The molecular weight excluding hydrogens is 273 g/mol. The smallest absolute Gasteiger partial charge is 0.251 e. The van der Waals surface area contributed by atoms with Crippen LogP contribution in [0.1, 0.15) is 30.1 Å². The predicted molar refractivity (Wildman–Crippen MR) is 74.3 cm³/mol. The van der Waals surface area contributed by atoms with Crippen LogP contribution in [0.15, 0.2) is 18.2 Å². The minimum atomic E-state index is -0.162. The van der Waals surface area contributed by atoms with E-state index in [4.69, 9.17) is 28.3 Å². The number of aliphatic hydroxyl groups excluding tert-OH is 1. The lowest BCUT2D eigenvalue weighted by Gasteiger charge is -2.08. The van der Waals surface area contributed by atoms with Crippen LogP contribution in [0.2, 0.25) is 10.0 Å². The molecule has 0 saturated carbocycles. The average molecular weight is 290 g/mol. The molecule has 0 aliphatic heterocycles. The minimum Gasteiger partial charge on any atom is -0.396 e. The zero-order valence-electron chi connectivity index (χ0n) is 10.2. The van der Waals surface area contributed by atoms with Crippen LogP contribution in [-0.4, -0.2) is 24.2 Å². The van der Waals surface area contributed by atoms with E-state index in [2.05, 4.69) is 5.32 Å². The highest BCUT2D eigenvalue weighted by molar-refractivity contribution is 6.42. The van der Waals surface area contributed by atoms with Crippen molar-refractivity contribution >= 4 is 29.1 Å². The van der Waals surface area contributed by atoms with E-state index in [-0.39, 0.29) is 18.4 Å². The number of aliphatic hydroxyl groups is 1. The molecule has 1 atom stereocenters. The van der Waals surface area contributed by atoms with E-state index < -0.39 is 0 Å². The topological polar surface area (TPSA) is 49.3 Å². The number of carbonyl (C=O) groups is 1. The summed E-state index contributed by atoms with van der Waals surface area (Å²) in [7, 11) is 0. The van der Waals surface area contributed by atoms with Gasteiger partial charge in [0.25, 0.3) is 5.91 Å². The molecule has 1 unspecified atom stereocenters. The van der Waals surface area contributed by atoms with Gasteiger partial charge in [0, 0.05) is 18.7 Å². The maximum Gasteiger partial charge on any atom is 0.251 e. The molecule has 2 N–H and O–H groups in total. The zero-order chi connectivity index (χ0) is 13.5. The van der Waals surface area contributed by atoms with E-state index in [1.54, 1.807) is 18.2 Å². The largest absolute Gasteiger partial charge is 0.396 e. The quantitative estimate of drug-likeness (QED) is 0.791. The van der Waals surface area contributed by atoms with Gasteiger partial charge in [-0.1, -0.05) is 30.1 Å². The minimum absolute atomic E-state index is 0.162. The standard InChI is InChI=1S/C13H17Cl2NO2/c1-9(8-17)3-2-6-16-13(18)10-4-5-11(14)12(15)7-10/h4-5,7,9,17H,2-3,6,8H2,1H3,(H,16,18). The summed E-state index contributed by atoms with van der Waals surface area (Å²) < 4.78 is 0. The van der Waals surface area contributed by atoms with Crippen molar-refractivity contribution in [3.63, 3.8) is 0 Å². The van der Waals surface area contributed by atoms with Gasteiger partial charge in [-0.3, -0.25) is 4.79 Å². The van der Waals surface area contributed by atoms with Crippen molar-refractivity contribution in [2.75, 3.05) is 13.2 Å². The Kier molecular flexibility index (Phi) is 6.47. The normalized spacial score (nSPS) is 12.2. The first-order valence-electron chi connectivity index (χ1n) is 5.88. The van der Waals surface area contributed by atoms with Gasteiger partial charge in [0.15, 0.2) is 0 Å². The number of carbonyl (C=O) groups excluding carboxylic acids is 1. The van der Waals surface area contributed by atoms with Crippen LogP contribution in [-0.2, 0) is 0 Å². The van der Waals surface area contributed by atoms with Crippen LogP contribution in [0, 0.1) is 5.92 Å². The summed E-state index contributed by atoms with van der Waals surface area (Å²) in [4.78, 5) is 11.8. The third kappa shape index (κ3) is 4.84. The summed E-state index contributed by atoms with van der Waals surface area (Å²) in [6.45, 7) is 2.74. The lowest BCUT2D eigenvalue weighted by molar-refractivity contribution is 0.0952. The lowest BCUT2D eigenvalue weighted by Crippen LogP contribution is -2.24. The maximum atomic E-state index is 11.8. The summed E-state index contributed by atoms with van der Waals surface area (Å²) in [5.41, 5.74) is 0.500. The number of nitrogens with one attached hydrogen (secondary N) is 1. The fourth-order valence-electron chi connectivity index (χ4n) is 1.48. The highest BCUT2D eigenvalue weighted by atomic mass is 35.5. The molecule has 1 aromatic rings. The summed E-state index contributed by atoms with van der Waals surface area (Å²) in [6, 6.07) is 4.79. The van der Waals surface area contributed by atoms with Gasteiger partial charge in [-0.15, -0.1) is 0 Å². The van der Waals surface area contributed by atoms with E-state index in [9.17, 15) is 4.79 Å². The van der Waals surface area contributed by atoms with Gasteiger partial charge in [-0.25, -0.2) is 0 Å². The van der Waals surface area contributed by atoms with Crippen LogP contribution >= 0.6 is 23.2 Å². The summed E-state index contributed by atoms with van der Waals surface area (Å²) >= 11 is 11.6. The molecule has 0 heterocycles. The van der Waals surface area contributed by atoms with E-state index in [0.717, 1.165) is 12.8 Å². The molecule has 0 aliphatic rings. The molecule has 5 heteroatoms. The maximum absolute atomic E-state index is 11.8. The Bertz CT molecular complexity index is 410. The molecule has 0 saturated heterocycles. The van der Waals surface area contributed by atoms with Crippen LogP contribution in [0.4, 0.5) is 0 Å². The van der Waals surface area contributed by atoms with Gasteiger partial charge in [-0.05, 0) is 37.0 Å². The number of hydrogen-bond donors (Lipinski definition) is 2. The summed E-state index contributed by atoms with van der Waals surface area (Å²) in [6.07, 6.45) is 1.73. The van der Waals surface area contributed by atoms with Crippen molar-refractivity contribution in [1.82, 2.24) is 5.32 Å². The van der Waals surface area contributed by atoms with Gasteiger partial charge in [0.05, 0.1) is 10.0 Å². The van der Waals surface area contributed by atoms with Crippen molar-refractivity contribution in [3.8, 4) is 0 Å². The lowest BCUT2D eigenvalue weighted by atomic mass is 10.1. The van der Waals surface area contributed by atoms with Crippen LogP contribution in [0.3, 0.4) is 0 Å². The second kappa shape index (κ2) is 7.62. The molecule has 3 nitrogen and oxygen atoms in total. The molecular formula is C13H17Cl2NO2. The average Bonchev–Trinajstić information content (AvgIpc) is 2.37. The first-order chi connectivity index (χ1) is 8.54. The van der Waals surface area contributed by atoms with Crippen molar-refractivity contribution in [2.24, 2.45) is 5.92 Å². The van der Waals surface area contributed by atoms with Crippen molar-refractivity contribution < 1.29 is 9.90 Å². The molecule has 100 valence electrons. The second-order valence-electron chi connectivity index (χ2n) is 4.31. The highest BCUT2D eigenvalue weighted by Crippen LogP contribution is 2.22. The van der Waals surface area contributed by atoms with Gasteiger partial charge in [-0.2, -0.15) is 0 Å². The van der Waals surface area contributed by atoms with E-state index in [1.165, 1.54) is 0 Å². The molecule has 1 rings (SSSR count). The molecule has 0 bridgehead atoms. The molecule has 0 fully saturated rings. The van der Waals surface area contributed by atoms with E-state index >= 15 is 0 Å².